The van der Waals surface area contributed by atoms with Crippen molar-refractivity contribution in [1.29, 1.82) is 0 Å². The Hall–Kier alpha value is -1.73. The molecule has 0 bridgehead atoms. The lowest BCUT2D eigenvalue weighted by molar-refractivity contribution is 0.455. The molecule has 1 aliphatic heterocycles. The van der Waals surface area contributed by atoms with Gasteiger partial charge in [-0.2, -0.15) is 0 Å². The van der Waals surface area contributed by atoms with Gasteiger partial charge in [0, 0.05) is 29.8 Å². The molecule has 124 valence electrons. The highest BCUT2D eigenvalue weighted by atomic mass is 32.2. The second kappa shape index (κ2) is 6.80. The van der Waals surface area contributed by atoms with Crippen LogP contribution in [0.5, 0.6) is 0 Å². The molecule has 0 atom stereocenters. The zero-order valence-corrected chi connectivity index (χ0v) is 14.1. The van der Waals surface area contributed by atoms with E-state index in [0.29, 0.717) is 12.5 Å². The van der Waals surface area contributed by atoms with Crippen LogP contribution in [0.4, 0.5) is 5.69 Å². The Morgan fingerprint density at radius 3 is 2.78 bits per heavy atom. The van der Waals surface area contributed by atoms with Crippen molar-refractivity contribution < 1.29 is 8.42 Å². The van der Waals surface area contributed by atoms with Crippen LogP contribution in [0.1, 0.15) is 24.5 Å². The molecule has 3 rings (SSSR count). The van der Waals surface area contributed by atoms with Crippen molar-refractivity contribution in [2.45, 2.75) is 18.8 Å². The van der Waals surface area contributed by atoms with Crippen LogP contribution in [0.25, 0.3) is 10.9 Å². The molecule has 0 amide bonds. The molecule has 2 N–H and O–H groups in total. The number of nitrogens with one attached hydrogen (secondary N) is 2. The van der Waals surface area contributed by atoms with Crippen LogP contribution >= 0.6 is 0 Å². The number of benzene rings is 1. The molecule has 2 heterocycles. The first-order chi connectivity index (χ1) is 11.0. The van der Waals surface area contributed by atoms with Crippen molar-refractivity contribution in [3.8, 4) is 0 Å². The predicted molar refractivity (Wildman–Crippen MR) is 92.6 cm³/mol. The van der Waals surface area contributed by atoms with Gasteiger partial charge in [-0.3, -0.25) is 0 Å². The minimum atomic E-state index is -2.95. The summed E-state index contributed by atoms with van der Waals surface area (Å²) in [7, 11) is -2.95. The van der Waals surface area contributed by atoms with Crippen LogP contribution in [-0.2, 0) is 9.84 Å². The number of piperidine rings is 1. The summed E-state index contributed by atoms with van der Waals surface area (Å²) in [4.78, 5) is 8.89. The molecule has 1 aromatic heterocycles. The third kappa shape index (κ3) is 4.17. The van der Waals surface area contributed by atoms with Crippen LogP contribution in [0.2, 0.25) is 0 Å². The quantitative estimate of drug-likeness (QED) is 0.863. The molecule has 6 nitrogen and oxygen atoms in total. The minimum absolute atomic E-state index is 0.120. The maximum Gasteiger partial charge on any atom is 0.149 e. The summed E-state index contributed by atoms with van der Waals surface area (Å²) in [6.07, 6.45) is 5.06. The molecular weight excluding hydrogens is 312 g/mol. The molecule has 2 aromatic rings. The molecule has 0 saturated carbocycles. The lowest BCUT2D eigenvalue weighted by Crippen LogP contribution is -2.27. The highest BCUT2D eigenvalue weighted by Gasteiger charge is 2.19. The predicted octanol–water partition coefficient (Wildman–Crippen LogP) is 1.55. The van der Waals surface area contributed by atoms with Gasteiger partial charge in [0.25, 0.3) is 0 Å². The topological polar surface area (TPSA) is 84.0 Å². The van der Waals surface area contributed by atoms with E-state index in [1.807, 2.05) is 18.2 Å². The van der Waals surface area contributed by atoms with Crippen molar-refractivity contribution >= 4 is 26.4 Å². The number of hydrogen-bond acceptors (Lipinski definition) is 6. The smallest absolute Gasteiger partial charge is 0.149 e. The highest BCUT2D eigenvalue weighted by Crippen LogP contribution is 2.29. The van der Waals surface area contributed by atoms with Gasteiger partial charge < -0.3 is 10.6 Å². The number of aromatic nitrogens is 2. The second-order valence-electron chi connectivity index (χ2n) is 6.07. The highest BCUT2D eigenvalue weighted by molar-refractivity contribution is 7.90. The van der Waals surface area contributed by atoms with Crippen molar-refractivity contribution in [2.75, 3.05) is 37.0 Å². The van der Waals surface area contributed by atoms with Crippen molar-refractivity contribution in [1.82, 2.24) is 15.3 Å². The van der Waals surface area contributed by atoms with Gasteiger partial charge >= 0.3 is 0 Å². The number of rotatable bonds is 5. The van der Waals surface area contributed by atoms with Gasteiger partial charge in [0.05, 0.1) is 17.0 Å². The zero-order chi connectivity index (χ0) is 16.3. The van der Waals surface area contributed by atoms with Gasteiger partial charge in [-0.25, -0.2) is 18.4 Å². The average Bonchev–Trinajstić information content (AvgIpc) is 2.54. The van der Waals surface area contributed by atoms with Gasteiger partial charge in [0.2, 0.25) is 0 Å². The molecule has 1 aliphatic rings. The summed E-state index contributed by atoms with van der Waals surface area (Å²) in [6, 6.07) is 5.97. The Labute approximate surface area is 136 Å². The van der Waals surface area contributed by atoms with E-state index in [0.717, 1.165) is 48.2 Å². The Morgan fingerprint density at radius 1 is 1.26 bits per heavy atom. The summed E-state index contributed by atoms with van der Waals surface area (Å²) >= 11 is 0. The van der Waals surface area contributed by atoms with Gasteiger partial charge in [0.15, 0.2) is 0 Å². The fraction of sp³-hybridized carbons (Fsp3) is 0.500. The van der Waals surface area contributed by atoms with Crippen molar-refractivity contribution in [2.24, 2.45) is 0 Å². The largest absolute Gasteiger partial charge is 0.384 e. The lowest BCUT2D eigenvalue weighted by Gasteiger charge is -2.23. The molecule has 23 heavy (non-hydrogen) atoms. The summed E-state index contributed by atoms with van der Waals surface area (Å²) in [5.74, 6) is 0.598. The van der Waals surface area contributed by atoms with Gasteiger partial charge in [-0.1, -0.05) is 0 Å². The molecular formula is C16H22N4O2S. The Morgan fingerprint density at radius 2 is 2.04 bits per heavy atom. The monoisotopic (exact) mass is 334 g/mol. The molecule has 1 aromatic carbocycles. The molecule has 7 heteroatoms. The van der Waals surface area contributed by atoms with E-state index in [4.69, 9.17) is 0 Å². The standard InChI is InChI=1S/C16H22N4O2S/c1-23(21,22)9-8-18-13-2-3-14-15(10-13)19-11-20-16(14)12-4-6-17-7-5-12/h2-3,10-12,17-18H,4-9H2,1H3. The Balaban J connectivity index is 1.80. The minimum Gasteiger partial charge on any atom is -0.384 e. The first-order valence-electron chi connectivity index (χ1n) is 7.90. The summed E-state index contributed by atoms with van der Waals surface area (Å²) in [5.41, 5.74) is 2.91. The van der Waals surface area contributed by atoms with Crippen LogP contribution in [0, 0.1) is 0 Å². The third-order valence-electron chi connectivity index (χ3n) is 4.20. The van der Waals surface area contributed by atoms with E-state index >= 15 is 0 Å². The molecule has 0 spiro atoms. The SMILES string of the molecule is CS(=O)(=O)CCNc1ccc2c(C3CCNCC3)ncnc2c1. The number of anilines is 1. The number of fused-ring (bicyclic) bond motifs is 1. The van der Waals surface area contributed by atoms with Crippen molar-refractivity contribution in [3.63, 3.8) is 0 Å². The van der Waals surface area contributed by atoms with Crippen LogP contribution < -0.4 is 10.6 Å². The zero-order valence-electron chi connectivity index (χ0n) is 13.2. The molecule has 1 fully saturated rings. The third-order valence-corrected chi connectivity index (χ3v) is 5.14. The fourth-order valence-electron chi connectivity index (χ4n) is 2.99. The van der Waals surface area contributed by atoms with Crippen LogP contribution in [0.3, 0.4) is 0 Å². The Bertz CT molecular complexity index is 786. The number of hydrogen-bond donors (Lipinski definition) is 2. The summed E-state index contributed by atoms with van der Waals surface area (Å²) < 4.78 is 22.4. The first-order valence-corrected chi connectivity index (χ1v) is 9.96. The van der Waals surface area contributed by atoms with Crippen LogP contribution in [-0.4, -0.2) is 50.0 Å². The van der Waals surface area contributed by atoms with E-state index in [1.165, 1.54) is 6.26 Å². The fourth-order valence-corrected chi connectivity index (χ4v) is 3.46. The first kappa shape index (κ1) is 16.1. The van der Waals surface area contributed by atoms with Gasteiger partial charge in [-0.15, -0.1) is 0 Å². The second-order valence-corrected chi connectivity index (χ2v) is 8.33. The van der Waals surface area contributed by atoms with Gasteiger partial charge in [-0.05, 0) is 44.1 Å². The maximum atomic E-state index is 11.2. The van der Waals surface area contributed by atoms with E-state index < -0.39 is 9.84 Å². The van der Waals surface area contributed by atoms with E-state index in [1.54, 1.807) is 6.33 Å². The van der Waals surface area contributed by atoms with Crippen molar-refractivity contribution in [3.05, 3.63) is 30.2 Å². The average molecular weight is 334 g/mol. The van der Waals surface area contributed by atoms with Crippen LogP contribution in [0.15, 0.2) is 24.5 Å². The molecule has 0 unspecified atom stereocenters. The summed E-state index contributed by atoms with van der Waals surface area (Å²) in [5, 5.41) is 7.61. The molecule has 0 aliphatic carbocycles. The van der Waals surface area contributed by atoms with E-state index in [2.05, 4.69) is 20.6 Å². The normalized spacial score (nSPS) is 16.6. The molecule has 1 saturated heterocycles. The Kier molecular flexibility index (Phi) is 4.77. The number of nitrogens with zero attached hydrogens (tertiary/aromatic N) is 2. The summed E-state index contributed by atoms with van der Waals surface area (Å²) in [6.45, 7) is 2.46. The maximum absolute atomic E-state index is 11.2. The van der Waals surface area contributed by atoms with E-state index in [-0.39, 0.29) is 5.75 Å². The van der Waals surface area contributed by atoms with E-state index in [9.17, 15) is 8.42 Å². The number of sulfone groups is 1. The lowest BCUT2D eigenvalue weighted by atomic mass is 9.92. The molecule has 0 radical (unpaired) electrons. The van der Waals surface area contributed by atoms with Gasteiger partial charge in [0.1, 0.15) is 16.2 Å².